The van der Waals surface area contributed by atoms with E-state index in [1.165, 1.54) is 6.20 Å². The lowest BCUT2D eigenvalue weighted by atomic mass is 10.0. The molecule has 2 aliphatic rings. The molecule has 0 atom stereocenters. The second-order valence-corrected chi connectivity index (χ2v) is 12.1. The van der Waals surface area contributed by atoms with Gasteiger partial charge in [0, 0.05) is 26.3 Å². The Kier molecular flexibility index (Phi) is 10.1. The van der Waals surface area contributed by atoms with E-state index in [-0.39, 0.29) is 17.2 Å². The van der Waals surface area contributed by atoms with E-state index in [1.807, 2.05) is 24.3 Å². The number of rotatable bonds is 0. The zero-order chi connectivity index (χ0) is 28.3. The zero-order valence-electron chi connectivity index (χ0n) is 19.8. The third kappa shape index (κ3) is 7.23. The normalized spacial score (nSPS) is 13.6. The first kappa shape index (κ1) is 30.0. The average Bonchev–Trinajstić information content (AvgIpc) is 2.92. The Bertz CT molecular complexity index is 1660. The lowest BCUT2D eigenvalue weighted by Gasteiger charge is -2.19. The smallest absolute Gasteiger partial charge is 0.266 e. The molecule has 0 radical (unpaired) electrons. The number of carbonyl (C=O) groups excluding carboxylic acids is 2. The van der Waals surface area contributed by atoms with E-state index in [4.69, 9.17) is 34.8 Å². The number of benzene rings is 3. The summed E-state index contributed by atoms with van der Waals surface area (Å²) in [5, 5.41) is 7.51. The number of nitrogens with one attached hydrogen (secondary N) is 3. The van der Waals surface area contributed by atoms with Crippen LogP contribution in [0.5, 0.6) is 0 Å². The summed E-state index contributed by atoms with van der Waals surface area (Å²) >= 11 is 27.9. The topological polar surface area (TPSA) is 104 Å². The van der Waals surface area contributed by atoms with Crippen molar-refractivity contribution < 1.29 is 9.59 Å². The molecule has 1 amide bonds. The van der Waals surface area contributed by atoms with Gasteiger partial charge < -0.3 is 15.6 Å². The first-order valence-electron chi connectivity index (χ1n) is 11.4. The van der Waals surface area contributed by atoms with Crippen molar-refractivity contribution in [1.82, 2.24) is 9.97 Å². The molecule has 2 aliphatic heterocycles. The summed E-state index contributed by atoms with van der Waals surface area (Å²) in [5.41, 5.74) is 4.68. The number of aryl methyl sites for hydroxylation is 1. The van der Waals surface area contributed by atoms with Gasteiger partial charge in [-0.25, -0.2) is 4.98 Å². The molecule has 0 spiro atoms. The fraction of sp³-hybridized carbons (Fsp3) is 0.154. The Morgan fingerprint density at radius 2 is 1.49 bits per heavy atom. The van der Waals surface area contributed by atoms with Crippen LogP contribution in [0.15, 0.2) is 60.8 Å². The summed E-state index contributed by atoms with van der Waals surface area (Å²) in [6.45, 7) is 0.378. The number of amides is 1. The predicted molar refractivity (Wildman–Crippen MR) is 168 cm³/mol. The number of hydrogen-bond acceptors (Lipinski definition) is 5. The van der Waals surface area contributed by atoms with Crippen LogP contribution in [-0.4, -0.2) is 28.2 Å². The van der Waals surface area contributed by atoms with E-state index < -0.39 is 0 Å². The predicted octanol–water partition coefficient (Wildman–Crippen LogP) is 7.97. The third-order valence-corrected chi connectivity index (χ3v) is 9.37. The quantitative estimate of drug-likeness (QED) is 0.168. The van der Waals surface area contributed by atoms with Crippen molar-refractivity contribution >= 4 is 117 Å². The summed E-state index contributed by atoms with van der Waals surface area (Å²) in [5.74, 6) is 0.225. The molecule has 0 aliphatic carbocycles. The Hall–Kier alpha value is -1.95. The van der Waals surface area contributed by atoms with Crippen molar-refractivity contribution in [3.63, 3.8) is 0 Å². The molecule has 7 nitrogen and oxygen atoms in total. The van der Waals surface area contributed by atoms with Crippen LogP contribution < -0.4 is 16.2 Å². The van der Waals surface area contributed by atoms with Crippen LogP contribution in [0.1, 0.15) is 17.5 Å². The zero-order valence-corrected chi connectivity index (χ0v) is 26.8. The third-order valence-electron chi connectivity index (χ3n) is 5.75. The van der Waals surface area contributed by atoms with Crippen molar-refractivity contribution in [3.8, 4) is 0 Å². The molecule has 0 unspecified atom stereocenters. The van der Waals surface area contributed by atoms with E-state index >= 15 is 0 Å². The first-order chi connectivity index (χ1) is 18.5. The molecule has 4 aromatic rings. The number of ketones is 1. The SMILES string of the molecule is O=C1CCc2ccc(Br)c(Cl)c2N1.O=C1CNc2c(Cl)ccc(Br)c2C1.O=c1cnc2ccc(Br)c(Cl)c2[nH]1. The van der Waals surface area contributed by atoms with Gasteiger partial charge in [-0.15, -0.1) is 0 Å². The van der Waals surface area contributed by atoms with Crippen molar-refractivity contribution in [2.45, 2.75) is 19.3 Å². The number of hydrogen-bond donors (Lipinski definition) is 3. The minimum atomic E-state index is -0.257. The number of carbonyl (C=O) groups is 2. The van der Waals surface area contributed by atoms with Gasteiger partial charge in [0.25, 0.3) is 5.56 Å². The van der Waals surface area contributed by atoms with Gasteiger partial charge in [-0.2, -0.15) is 0 Å². The number of H-pyrrole nitrogens is 1. The molecule has 6 rings (SSSR count). The van der Waals surface area contributed by atoms with E-state index in [0.29, 0.717) is 45.5 Å². The molecule has 0 fully saturated rings. The Balaban J connectivity index is 0.000000136. The molecule has 0 saturated heterocycles. The lowest BCUT2D eigenvalue weighted by molar-refractivity contribution is -0.117. The van der Waals surface area contributed by atoms with Crippen LogP contribution >= 0.6 is 82.6 Å². The molecular weight excluding hydrogens is 762 g/mol. The molecule has 3 heterocycles. The van der Waals surface area contributed by atoms with Crippen LogP contribution in [-0.2, 0) is 22.4 Å². The summed E-state index contributed by atoms with van der Waals surface area (Å²) in [6, 6.07) is 11.1. The Morgan fingerprint density at radius 1 is 0.795 bits per heavy atom. The van der Waals surface area contributed by atoms with Gasteiger partial charge in [-0.1, -0.05) is 56.8 Å². The highest BCUT2D eigenvalue weighted by atomic mass is 79.9. The van der Waals surface area contributed by atoms with Crippen LogP contribution in [0, 0.1) is 0 Å². The first-order valence-corrected chi connectivity index (χ1v) is 14.9. The molecular formula is C26H18Br3Cl3N4O3. The number of halogens is 6. The van der Waals surface area contributed by atoms with Crippen LogP contribution in [0.2, 0.25) is 15.1 Å². The van der Waals surface area contributed by atoms with Crippen molar-refractivity contribution in [3.05, 3.63) is 92.6 Å². The summed E-state index contributed by atoms with van der Waals surface area (Å²) < 4.78 is 2.49. The molecule has 0 bridgehead atoms. The van der Waals surface area contributed by atoms with Gasteiger partial charge >= 0.3 is 0 Å². The van der Waals surface area contributed by atoms with Gasteiger partial charge in [-0.05, 0) is 79.7 Å². The average molecular weight is 781 g/mol. The molecule has 3 aromatic carbocycles. The fourth-order valence-corrected chi connectivity index (χ4v) is 5.65. The Morgan fingerprint density at radius 3 is 2.26 bits per heavy atom. The minimum Gasteiger partial charge on any atom is -0.376 e. The molecule has 39 heavy (non-hydrogen) atoms. The van der Waals surface area contributed by atoms with Crippen LogP contribution in [0.3, 0.4) is 0 Å². The van der Waals surface area contributed by atoms with E-state index in [9.17, 15) is 14.4 Å². The van der Waals surface area contributed by atoms with Gasteiger partial charge in [-0.3, -0.25) is 14.4 Å². The minimum absolute atomic E-state index is 0.0347. The van der Waals surface area contributed by atoms with Crippen molar-refractivity contribution in [1.29, 1.82) is 0 Å². The number of aromatic nitrogens is 2. The van der Waals surface area contributed by atoms with Gasteiger partial charge in [0.15, 0.2) is 5.78 Å². The fourth-order valence-electron chi connectivity index (χ4n) is 3.84. The maximum absolute atomic E-state index is 11.2. The van der Waals surface area contributed by atoms with E-state index in [0.717, 1.165) is 42.3 Å². The van der Waals surface area contributed by atoms with Crippen molar-refractivity contribution in [2.24, 2.45) is 0 Å². The number of nitrogens with zero attached hydrogens (tertiary/aromatic N) is 1. The number of anilines is 2. The van der Waals surface area contributed by atoms with Gasteiger partial charge in [0.1, 0.15) is 0 Å². The summed E-state index contributed by atoms with van der Waals surface area (Å²) in [6.07, 6.45) is 3.01. The second-order valence-electron chi connectivity index (χ2n) is 8.40. The number of aromatic amines is 1. The largest absolute Gasteiger partial charge is 0.376 e. The highest BCUT2D eigenvalue weighted by Crippen LogP contribution is 2.36. The Labute approximate surface area is 263 Å². The summed E-state index contributed by atoms with van der Waals surface area (Å²) in [7, 11) is 0. The molecule has 0 saturated carbocycles. The molecule has 202 valence electrons. The standard InChI is InChI=1S/2C9H7BrClNO.C8H4BrClN2O/c10-6-3-1-5-2-4-7(13)12-9(5)8(6)11;10-7-1-2-8(11)9-6(7)3-5(13)4-12-9;9-4-1-2-5-8(7(4)10)12-6(13)3-11-5/h1,3H,2,4H2,(H,12,13);1-2,12H,3-4H2;1-3H,(H,12,13). The van der Waals surface area contributed by atoms with E-state index in [1.54, 1.807) is 12.1 Å². The molecule has 13 heteroatoms. The highest BCUT2D eigenvalue weighted by Gasteiger charge is 2.20. The maximum Gasteiger partial charge on any atom is 0.266 e. The maximum atomic E-state index is 11.2. The highest BCUT2D eigenvalue weighted by molar-refractivity contribution is 9.11. The molecule has 1 aromatic heterocycles. The van der Waals surface area contributed by atoms with Crippen molar-refractivity contribution in [2.75, 3.05) is 17.2 Å². The number of fused-ring (bicyclic) bond motifs is 3. The molecule has 3 N–H and O–H groups in total. The monoisotopic (exact) mass is 776 g/mol. The van der Waals surface area contributed by atoms with Crippen LogP contribution in [0.4, 0.5) is 11.4 Å². The summed E-state index contributed by atoms with van der Waals surface area (Å²) in [4.78, 5) is 39.8. The second kappa shape index (κ2) is 13.1. The lowest BCUT2D eigenvalue weighted by Crippen LogP contribution is -2.23. The van der Waals surface area contributed by atoms with Crippen LogP contribution in [0.25, 0.3) is 11.0 Å². The number of Topliss-reactive ketones (excluding diaryl/α,β-unsaturated/α-hetero) is 1. The van der Waals surface area contributed by atoms with E-state index in [2.05, 4.69) is 68.4 Å². The van der Waals surface area contributed by atoms with Gasteiger partial charge in [0.2, 0.25) is 5.91 Å². The van der Waals surface area contributed by atoms with Gasteiger partial charge in [0.05, 0.1) is 50.2 Å².